The summed E-state index contributed by atoms with van der Waals surface area (Å²) >= 11 is 0. The van der Waals surface area contributed by atoms with Crippen molar-refractivity contribution in [1.82, 2.24) is 5.32 Å². The highest BCUT2D eigenvalue weighted by atomic mass is 16.3. The van der Waals surface area contributed by atoms with Crippen LogP contribution < -0.4 is 5.32 Å². The lowest BCUT2D eigenvalue weighted by atomic mass is 10.0. The van der Waals surface area contributed by atoms with Crippen LogP contribution in [0.25, 0.3) is 0 Å². The number of allylic oxidation sites excluding steroid dienone is 5. The highest BCUT2D eigenvalue weighted by molar-refractivity contribution is 5.80. The van der Waals surface area contributed by atoms with Crippen LogP contribution in [-0.2, 0) is 4.79 Å². The molecule has 0 rings (SSSR count). The lowest BCUT2D eigenvalue weighted by Crippen LogP contribution is -2.48. The number of carbonyl (C=O) groups is 1. The minimum absolute atomic E-state index is 0.369. The highest BCUT2D eigenvalue weighted by Crippen LogP contribution is 2.15. The third-order valence-electron chi connectivity index (χ3n) is 9.25. The second-order valence-corrected chi connectivity index (χ2v) is 13.9. The van der Waals surface area contributed by atoms with Gasteiger partial charge in [-0.05, 0) is 44.9 Å². The fourth-order valence-electron chi connectivity index (χ4n) is 6.00. The topological polar surface area (TPSA) is 89.8 Å². The lowest BCUT2D eigenvalue weighted by molar-refractivity contribution is -0.131. The maximum Gasteiger partial charge on any atom is 0.249 e. The minimum Gasteiger partial charge on any atom is -0.394 e. The van der Waals surface area contributed by atoms with Gasteiger partial charge in [0.15, 0.2) is 0 Å². The van der Waals surface area contributed by atoms with E-state index in [-0.39, 0.29) is 6.61 Å². The smallest absolute Gasteiger partial charge is 0.249 e. The second kappa shape index (κ2) is 37.4. The van der Waals surface area contributed by atoms with Gasteiger partial charge in [-0.15, -0.1) is 0 Å². The van der Waals surface area contributed by atoms with Crippen molar-refractivity contribution in [2.24, 2.45) is 0 Å². The van der Waals surface area contributed by atoms with E-state index in [2.05, 4.69) is 43.5 Å². The van der Waals surface area contributed by atoms with Crippen molar-refractivity contribution in [2.75, 3.05) is 6.61 Å². The third kappa shape index (κ3) is 32.9. The Kier molecular flexibility index (Phi) is 36.3. The van der Waals surface area contributed by atoms with E-state index in [1.807, 2.05) is 6.08 Å². The van der Waals surface area contributed by atoms with Crippen LogP contribution in [-0.4, -0.2) is 46.1 Å². The Labute approximate surface area is 292 Å². The maximum absolute atomic E-state index is 12.4. The molecule has 0 fully saturated rings. The molecule has 0 aliphatic heterocycles. The van der Waals surface area contributed by atoms with E-state index in [1.54, 1.807) is 6.08 Å². The summed E-state index contributed by atoms with van der Waals surface area (Å²) < 4.78 is 0. The number of rotatable bonds is 36. The van der Waals surface area contributed by atoms with Gasteiger partial charge in [0.05, 0.1) is 18.8 Å². The molecule has 0 aliphatic rings. The molecule has 0 spiro atoms. The number of nitrogens with one attached hydrogen (secondary N) is 1. The van der Waals surface area contributed by atoms with E-state index >= 15 is 0 Å². The fraction of sp³-hybridized carbons (Fsp3) is 0.833. The largest absolute Gasteiger partial charge is 0.394 e. The first-order valence-electron chi connectivity index (χ1n) is 20.3. The Hall–Kier alpha value is -1.43. The molecular formula is C42H79NO4. The number of hydrogen-bond donors (Lipinski definition) is 4. The minimum atomic E-state index is -1.11. The maximum atomic E-state index is 12.4. The van der Waals surface area contributed by atoms with Gasteiger partial charge in [-0.3, -0.25) is 4.79 Å². The second-order valence-electron chi connectivity index (χ2n) is 13.9. The zero-order chi connectivity index (χ0) is 34.5. The summed E-state index contributed by atoms with van der Waals surface area (Å²) in [6.45, 7) is 4.14. The molecule has 4 N–H and O–H groups in total. The Morgan fingerprint density at radius 3 is 1.34 bits per heavy atom. The molecule has 276 valence electrons. The van der Waals surface area contributed by atoms with Crippen molar-refractivity contribution < 1.29 is 20.1 Å². The average Bonchev–Trinajstić information content (AvgIpc) is 3.07. The van der Waals surface area contributed by atoms with E-state index in [9.17, 15) is 20.1 Å². The molecule has 0 saturated carbocycles. The molecule has 3 atom stereocenters. The van der Waals surface area contributed by atoms with Gasteiger partial charge in [-0.2, -0.15) is 0 Å². The van der Waals surface area contributed by atoms with Crippen LogP contribution in [0, 0.1) is 0 Å². The standard InChI is InChI=1S/C42H79NO4/c1-3-5-7-9-11-13-15-17-19-20-21-22-23-25-26-28-30-32-34-36-40(45)39(38-44)43-42(47)41(46)37-35-33-31-29-27-24-18-16-14-12-10-8-6-4-2/h12,14,16,18,34,36,39-41,44-46H,3-11,13,15,17,19-33,35,37-38H2,1-2H3,(H,43,47)/b14-12-,18-16-,36-34+. The molecule has 47 heavy (non-hydrogen) atoms. The van der Waals surface area contributed by atoms with Crippen LogP contribution in [0.2, 0.25) is 0 Å². The van der Waals surface area contributed by atoms with Crippen LogP contribution in [0.1, 0.15) is 200 Å². The number of carbonyl (C=O) groups excluding carboxylic acids is 1. The van der Waals surface area contributed by atoms with Crippen molar-refractivity contribution in [3.05, 3.63) is 36.5 Å². The first-order chi connectivity index (χ1) is 23.1. The van der Waals surface area contributed by atoms with Crippen LogP contribution in [0.5, 0.6) is 0 Å². The molecule has 0 aliphatic carbocycles. The molecule has 5 heteroatoms. The van der Waals surface area contributed by atoms with E-state index in [1.165, 1.54) is 128 Å². The quantitative estimate of drug-likeness (QED) is 0.0305. The van der Waals surface area contributed by atoms with Crippen molar-refractivity contribution in [2.45, 2.75) is 218 Å². The Morgan fingerprint density at radius 1 is 0.532 bits per heavy atom. The monoisotopic (exact) mass is 662 g/mol. The SMILES string of the molecule is CCCCC/C=C\C=C/CCCCCCCC(O)C(=O)NC(CO)C(O)/C=C/CCCCCCCCCCCCCCCCCCC. The summed E-state index contributed by atoms with van der Waals surface area (Å²) in [6.07, 6.45) is 45.9. The summed E-state index contributed by atoms with van der Waals surface area (Å²) in [5, 5.41) is 33.0. The van der Waals surface area contributed by atoms with E-state index in [0.29, 0.717) is 6.42 Å². The fourth-order valence-corrected chi connectivity index (χ4v) is 6.00. The lowest BCUT2D eigenvalue weighted by Gasteiger charge is -2.21. The van der Waals surface area contributed by atoms with Gasteiger partial charge in [0, 0.05) is 0 Å². The van der Waals surface area contributed by atoms with Crippen molar-refractivity contribution in [3.63, 3.8) is 0 Å². The van der Waals surface area contributed by atoms with E-state index in [4.69, 9.17) is 0 Å². The molecule has 0 aromatic carbocycles. The predicted octanol–water partition coefficient (Wildman–Crippen LogP) is 11.2. The summed E-state index contributed by atoms with van der Waals surface area (Å²) in [5.74, 6) is -0.516. The molecule has 5 nitrogen and oxygen atoms in total. The number of amides is 1. The van der Waals surface area contributed by atoms with Crippen LogP contribution >= 0.6 is 0 Å². The number of hydrogen-bond acceptors (Lipinski definition) is 4. The molecule has 0 aromatic rings. The van der Waals surface area contributed by atoms with Gasteiger partial charge >= 0.3 is 0 Å². The first-order valence-corrected chi connectivity index (χ1v) is 20.3. The summed E-state index contributed by atoms with van der Waals surface area (Å²) in [7, 11) is 0. The van der Waals surface area contributed by atoms with E-state index < -0.39 is 24.2 Å². The molecule has 0 aromatic heterocycles. The van der Waals surface area contributed by atoms with Gasteiger partial charge in [0.2, 0.25) is 5.91 Å². The predicted molar refractivity (Wildman–Crippen MR) is 204 cm³/mol. The van der Waals surface area contributed by atoms with Gasteiger partial charge < -0.3 is 20.6 Å². The number of aliphatic hydroxyl groups is 3. The van der Waals surface area contributed by atoms with Crippen LogP contribution in [0.4, 0.5) is 0 Å². The van der Waals surface area contributed by atoms with Gasteiger partial charge in [0.25, 0.3) is 0 Å². The van der Waals surface area contributed by atoms with E-state index in [0.717, 1.165) is 51.4 Å². The zero-order valence-electron chi connectivity index (χ0n) is 31.2. The molecule has 3 unspecified atom stereocenters. The number of aliphatic hydroxyl groups excluding tert-OH is 3. The Morgan fingerprint density at radius 2 is 0.894 bits per heavy atom. The summed E-state index contributed by atoms with van der Waals surface area (Å²) in [6, 6.07) is -0.803. The first kappa shape index (κ1) is 45.6. The van der Waals surface area contributed by atoms with Gasteiger partial charge in [-0.1, -0.05) is 192 Å². The summed E-state index contributed by atoms with van der Waals surface area (Å²) in [5.41, 5.74) is 0. The Balaban J connectivity index is 3.73. The molecular weight excluding hydrogens is 582 g/mol. The highest BCUT2D eigenvalue weighted by Gasteiger charge is 2.22. The molecule has 0 radical (unpaired) electrons. The molecule has 0 bridgehead atoms. The molecule has 0 heterocycles. The van der Waals surface area contributed by atoms with Crippen molar-refractivity contribution >= 4 is 5.91 Å². The normalized spacial score (nSPS) is 14.1. The third-order valence-corrected chi connectivity index (χ3v) is 9.25. The van der Waals surface area contributed by atoms with Crippen LogP contribution in [0.3, 0.4) is 0 Å². The molecule has 1 amide bonds. The zero-order valence-corrected chi connectivity index (χ0v) is 31.2. The van der Waals surface area contributed by atoms with Crippen LogP contribution in [0.15, 0.2) is 36.5 Å². The number of unbranched alkanes of at least 4 members (excludes halogenated alkanes) is 25. The van der Waals surface area contributed by atoms with Crippen molar-refractivity contribution in [3.8, 4) is 0 Å². The van der Waals surface area contributed by atoms with Crippen molar-refractivity contribution in [1.29, 1.82) is 0 Å². The molecule has 0 saturated heterocycles. The summed E-state index contributed by atoms with van der Waals surface area (Å²) in [4.78, 5) is 12.4. The average molecular weight is 662 g/mol. The van der Waals surface area contributed by atoms with Gasteiger partial charge in [0.1, 0.15) is 6.10 Å². The Bertz CT molecular complexity index is 734. The van der Waals surface area contributed by atoms with Gasteiger partial charge in [-0.25, -0.2) is 0 Å².